The van der Waals surface area contributed by atoms with Crippen LogP contribution in [0.15, 0.2) is 30.3 Å². The Morgan fingerprint density at radius 1 is 1.10 bits per heavy atom. The second-order valence-electron chi connectivity index (χ2n) is 1.94. The Balaban J connectivity index is 0.000000810. The minimum atomic E-state index is -0.00991. The van der Waals surface area contributed by atoms with Crippen molar-refractivity contribution in [3.8, 4) is 0 Å². The van der Waals surface area contributed by atoms with Crippen molar-refractivity contribution >= 4 is 0 Å². The first-order valence-corrected chi connectivity index (χ1v) is 3.05. The van der Waals surface area contributed by atoms with Crippen LogP contribution in [0.25, 0.3) is 0 Å². The molecular weight excluding hydrogens is 151 g/mol. The second-order valence-corrected chi connectivity index (χ2v) is 1.94. The Kier molecular flexibility index (Phi) is 7.05. The van der Waals surface area contributed by atoms with Crippen molar-refractivity contribution in [2.45, 2.75) is 6.42 Å². The molecule has 0 atom stereocenters. The van der Waals surface area contributed by atoms with E-state index in [-0.39, 0.29) is 58.0 Å². The van der Waals surface area contributed by atoms with E-state index < -0.39 is 0 Å². The first-order valence-electron chi connectivity index (χ1n) is 3.05. The third-order valence-electron chi connectivity index (χ3n) is 1.23. The van der Waals surface area contributed by atoms with Gasteiger partial charge in [0.25, 0.3) is 0 Å². The van der Waals surface area contributed by atoms with E-state index in [2.05, 4.69) is 0 Å². The number of hydrogen-bond acceptors (Lipinski definition) is 1. The summed E-state index contributed by atoms with van der Waals surface area (Å²) in [6.45, 7) is -0.00991. The van der Waals surface area contributed by atoms with Crippen LogP contribution in [0, 0.1) is 0 Å². The van der Waals surface area contributed by atoms with Gasteiger partial charge in [0.2, 0.25) is 0 Å². The van der Waals surface area contributed by atoms with Gasteiger partial charge in [-0.2, -0.15) is 0 Å². The van der Waals surface area contributed by atoms with Gasteiger partial charge in [-0.15, -0.1) is 6.61 Å². The SMILES string of the molecule is [K+].[O-]CCc1ccccc1. The van der Waals surface area contributed by atoms with Crippen LogP contribution >= 0.6 is 0 Å². The van der Waals surface area contributed by atoms with Gasteiger partial charge in [0.1, 0.15) is 0 Å². The van der Waals surface area contributed by atoms with Gasteiger partial charge in [0.15, 0.2) is 0 Å². The molecule has 0 fully saturated rings. The van der Waals surface area contributed by atoms with Gasteiger partial charge in [0, 0.05) is 0 Å². The van der Waals surface area contributed by atoms with E-state index >= 15 is 0 Å². The predicted molar refractivity (Wildman–Crippen MR) is 35.0 cm³/mol. The third kappa shape index (κ3) is 3.86. The average molecular weight is 160 g/mol. The number of rotatable bonds is 2. The van der Waals surface area contributed by atoms with Crippen LogP contribution in [-0.2, 0) is 6.42 Å². The van der Waals surface area contributed by atoms with Gasteiger partial charge >= 0.3 is 51.4 Å². The van der Waals surface area contributed by atoms with Gasteiger partial charge in [-0.05, 0) is 12.0 Å². The molecule has 0 heterocycles. The van der Waals surface area contributed by atoms with Crippen molar-refractivity contribution in [1.29, 1.82) is 0 Å². The Morgan fingerprint density at radius 2 is 1.70 bits per heavy atom. The zero-order chi connectivity index (χ0) is 6.53. The molecule has 1 aromatic rings. The fraction of sp³-hybridized carbons (Fsp3) is 0.250. The molecule has 0 aliphatic heterocycles. The average Bonchev–Trinajstić information content (AvgIpc) is 1.91. The van der Waals surface area contributed by atoms with Crippen molar-refractivity contribution < 1.29 is 56.5 Å². The maximum atomic E-state index is 10.1. The third-order valence-corrected chi connectivity index (χ3v) is 1.23. The molecule has 0 N–H and O–H groups in total. The van der Waals surface area contributed by atoms with Crippen LogP contribution in [0.3, 0.4) is 0 Å². The standard InChI is InChI=1S/C8H9O.K/c9-7-6-8-4-2-1-3-5-8;/h1-5H,6-7H2;/q-1;+1. The van der Waals surface area contributed by atoms with Crippen LogP contribution in [0.1, 0.15) is 5.56 Å². The van der Waals surface area contributed by atoms with Crippen LogP contribution in [-0.4, -0.2) is 6.61 Å². The topological polar surface area (TPSA) is 23.1 Å². The van der Waals surface area contributed by atoms with E-state index in [1.54, 1.807) is 0 Å². The first kappa shape index (κ1) is 10.8. The monoisotopic (exact) mass is 160 g/mol. The molecule has 0 amide bonds. The van der Waals surface area contributed by atoms with Crippen LogP contribution < -0.4 is 56.5 Å². The Bertz CT molecular complexity index is 162. The van der Waals surface area contributed by atoms with Gasteiger partial charge in [-0.25, -0.2) is 0 Å². The van der Waals surface area contributed by atoms with Crippen molar-refractivity contribution in [2.75, 3.05) is 6.61 Å². The summed E-state index contributed by atoms with van der Waals surface area (Å²) in [5, 5.41) is 10.1. The summed E-state index contributed by atoms with van der Waals surface area (Å²) in [6, 6.07) is 9.79. The quantitative estimate of drug-likeness (QED) is 0.442. The minimum absolute atomic E-state index is 0. The summed E-state index contributed by atoms with van der Waals surface area (Å²) in [5.41, 5.74) is 1.13. The molecular formula is C8H9KO. The van der Waals surface area contributed by atoms with E-state index in [0.29, 0.717) is 6.42 Å². The van der Waals surface area contributed by atoms with Crippen molar-refractivity contribution in [3.63, 3.8) is 0 Å². The smallest absolute Gasteiger partial charge is 0.854 e. The Labute approximate surface area is 104 Å². The molecule has 0 aliphatic carbocycles. The molecule has 1 aromatic carbocycles. The summed E-state index contributed by atoms with van der Waals surface area (Å²) >= 11 is 0. The summed E-state index contributed by atoms with van der Waals surface area (Å²) < 4.78 is 0. The molecule has 1 rings (SSSR count). The predicted octanol–water partition coefficient (Wildman–Crippen LogP) is -2.41. The molecule has 0 saturated heterocycles. The molecule has 0 unspecified atom stereocenters. The van der Waals surface area contributed by atoms with Crippen LogP contribution in [0.4, 0.5) is 0 Å². The molecule has 0 aliphatic rings. The van der Waals surface area contributed by atoms with E-state index in [1.807, 2.05) is 30.3 Å². The van der Waals surface area contributed by atoms with Crippen molar-refractivity contribution in [3.05, 3.63) is 35.9 Å². The Morgan fingerprint density at radius 3 is 2.20 bits per heavy atom. The van der Waals surface area contributed by atoms with E-state index in [9.17, 15) is 5.11 Å². The first-order chi connectivity index (χ1) is 4.43. The van der Waals surface area contributed by atoms with E-state index in [4.69, 9.17) is 0 Å². The van der Waals surface area contributed by atoms with Gasteiger partial charge in [-0.1, -0.05) is 30.3 Å². The molecule has 1 nitrogen and oxygen atoms in total. The maximum Gasteiger partial charge on any atom is 1.00 e. The van der Waals surface area contributed by atoms with Crippen LogP contribution in [0.5, 0.6) is 0 Å². The molecule has 0 spiro atoms. The zero-order valence-corrected chi connectivity index (χ0v) is 9.33. The molecule has 0 saturated carbocycles. The van der Waals surface area contributed by atoms with Gasteiger partial charge in [0.05, 0.1) is 0 Å². The minimum Gasteiger partial charge on any atom is -0.854 e. The normalized spacial score (nSPS) is 8.50. The van der Waals surface area contributed by atoms with Gasteiger partial charge < -0.3 is 5.11 Å². The summed E-state index contributed by atoms with van der Waals surface area (Å²) in [4.78, 5) is 0. The zero-order valence-electron chi connectivity index (χ0n) is 6.21. The van der Waals surface area contributed by atoms with Crippen molar-refractivity contribution in [1.82, 2.24) is 0 Å². The molecule has 0 aromatic heterocycles. The summed E-state index contributed by atoms with van der Waals surface area (Å²) in [5.74, 6) is 0. The molecule has 10 heavy (non-hydrogen) atoms. The second kappa shape index (κ2) is 6.52. The fourth-order valence-corrected chi connectivity index (χ4v) is 0.763. The maximum absolute atomic E-state index is 10.1. The Hall–Kier alpha value is 0.816. The summed E-state index contributed by atoms with van der Waals surface area (Å²) in [6.07, 6.45) is 0.654. The molecule has 48 valence electrons. The van der Waals surface area contributed by atoms with Gasteiger partial charge in [-0.3, -0.25) is 0 Å². The van der Waals surface area contributed by atoms with Crippen molar-refractivity contribution in [2.24, 2.45) is 0 Å². The fourth-order valence-electron chi connectivity index (χ4n) is 0.763. The summed E-state index contributed by atoms with van der Waals surface area (Å²) in [7, 11) is 0. The largest absolute Gasteiger partial charge is 1.00 e. The van der Waals surface area contributed by atoms with E-state index in [1.165, 1.54) is 0 Å². The number of benzene rings is 1. The molecule has 2 heteroatoms. The number of hydrogen-bond donors (Lipinski definition) is 0. The molecule has 0 radical (unpaired) electrons. The molecule has 0 bridgehead atoms. The van der Waals surface area contributed by atoms with Crippen LogP contribution in [0.2, 0.25) is 0 Å². The van der Waals surface area contributed by atoms with E-state index in [0.717, 1.165) is 5.56 Å².